The Morgan fingerprint density at radius 1 is 1.22 bits per heavy atom. The van der Waals surface area contributed by atoms with Crippen LogP contribution >= 0.6 is 11.6 Å². The molecule has 5 nitrogen and oxygen atoms in total. The molecule has 0 aromatic heterocycles. The first-order chi connectivity index (χ1) is 11.2. The number of anilines is 1. The highest BCUT2D eigenvalue weighted by Crippen LogP contribution is 2.45. The number of carbonyl (C=O) groups excluding carboxylic acids is 1. The van der Waals surface area contributed by atoms with Crippen molar-refractivity contribution in [3.63, 3.8) is 0 Å². The van der Waals surface area contributed by atoms with E-state index in [9.17, 15) is 4.79 Å². The van der Waals surface area contributed by atoms with Crippen molar-refractivity contribution in [2.24, 2.45) is 0 Å². The van der Waals surface area contributed by atoms with Gasteiger partial charge in [-0.1, -0.05) is 17.7 Å². The van der Waals surface area contributed by atoms with Gasteiger partial charge in [0.2, 0.25) is 12.7 Å². The monoisotopic (exact) mass is 331 g/mol. The molecule has 2 aromatic rings. The number of methoxy groups -OCH3 is 1. The van der Waals surface area contributed by atoms with Gasteiger partial charge in [0.25, 0.3) is 0 Å². The molecule has 2 heterocycles. The van der Waals surface area contributed by atoms with E-state index in [1.165, 1.54) is 0 Å². The molecule has 0 saturated carbocycles. The van der Waals surface area contributed by atoms with Crippen molar-refractivity contribution in [3.05, 3.63) is 46.5 Å². The second-order valence-electron chi connectivity index (χ2n) is 5.49. The lowest BCUT2D eigenvalue weighted by molar-refractivity contribution is -0.116. The average Bonchev–Trinajstić information content (AvgIpc) is 2.99. The summed E-state index contributed by atoms with van der Waals surface area (Å²) in [5, 5.41) is 3.42. The second kappa shape index (κ2) is 5.35. The number of hydrogen-bond acceptors (Lipinski definition) is 4. The van der Waals surface area contributed by atoms with Gasteiger partial charge in [-0.05, 0) is 29.3 Å². The van der Waals surface area contributed by atoms with Crippen molar-refractivity contribution in [2.75, 3.05) is 19.2 Å². The lowest BCUT2D eigenvalue weighted by atomic mass is 9.84. The molecule has 1 amide bonds. The maximum Gasteiger partial charge on any atom is 0.231 e. The number of carbonyl (C=O) groups is 1. The Hall–Kier alpha value is -2.40. The molecule has 0 unspecified atom stereocenters. The van der Waals surface area contributed by atoms with Crippen molar-refractivity contribution in [1.82, 2.24) is 0 Å². The summed E-state index contributed by atoms with van der Waals surface area (Å²) in [7, 11) is 1.57. The molecule has 0 fully saturated rings. The van der Waals surface area contributed by atoms with E-state index in [0.29, 0.717) is 28.7 Å². The fraction of sp³-hybridized carbons (Fsp3) is 0.235. The van der Waals surface area contributed by atoms with Gasteiger partial charge in [-0.25, -0.2) is 0 Å². The van der Waals surface area contributed by atoms with E-state index in [0.717, 1.165) is 16.8 Å². The van der Waals surface area contributed by atoms with Gasteiger partial charge in [0.1, 0.15) is 5.75 Å². The maximum atomic E-state index is 12.1. The first-order valence-corrected chi connectivity index (χ1v) is 7.60. The van der Waals surface area contributed by atoms with Crippen molar-refractivity contribution in [1.29, 1.82) is 0 Å². The Balaban J connectivity index is 1.81. The molecular weight excluding hydrogens is 318 g/mol. The SMILES string of the molecule is COc1ccc([C@@H]2CC(=O)Nc3cc4c(cc32)OCO4)cc1Cl. The van der Waals surface area contributed by atoms with Gasteiger partial charge in [0, 0.05) is 24.1 Å². The van der Waals surface area contributed by atoms with Crippen molar-refractivity contribution in [3.8, 4) is 17.2 Å². The molecule has 0 saturated heterocycles. The molecule has 0 aliphatic carbocycles. The minimum Gasteiger partial charge on any atom is -0.495 e. The summed E-state index contributed by atoms with van der Waals surface area (Å²) in [4.78, 5) is 12.1. The number of ether oxygens (including phenoxy) is 3. The summed E-state index contributed by atoms with van der Waals surface area (Å²) in [6.07, 6.45) is 0.356. The molecule has 2 aliphatic heterocycles. The Morgan fingerprint density at radius 2 is 2.00 bits per heavy atom. The average molecular weight is 332 g/mol. The molecule has 0 radical (unpaired) electrons. The third-order valence-electron chi connectivity index (χ3n) is 4.16. The first kappa shape index (κ1) is 14.2. The van der Waals surface area contributed by atoms with E-state index < -0.39 is 0 Å². The van der Waals surface area contributed by atoms with Crippen LogP contribution in [-0.4, -0.2) is 19.8 Å². The minimum atomic E-state index is -0.0864. The zero-order chi connectivity index (χ0) is 16.0. The Morgan fingerprint density at radius 3 is 2.74 bits per heavy atom. The van der Waals surface area contributed by atoms with Crippen LogP contribution in [0.5, 0.6) is 17.2 Å². The predicted octanol–water partition coefficient (Wildman–Crippen LogP) is 3.55. The van der Waals surface area contributed by atoms with Gasteiger partial charge < -0.3 is 19.5 Å². The zero-order valence-electron chi connectivity index (χ0n) is 12.4. The van der Waals surface area contributed by atoms with E-state index in [1.54, 1.807) is 7.11 Å². The summed E-state index contributed by atoms with van der Waals surface area (Å²) in [5.41, 5.74) is 2.71. The smallest absolute Gasteiger partial charge is 0.231 e. The van der Waals surface area contributed by atoms with Gasteiger partial charge in [-0.2, -0.15) is 0 Å². The van der Waals surface area contributed by atoms with Gasteiger partial charge in [0.05, 0.1) is 12.1 Å². The third kappa shape index (κ3) is 2.37. The summed E-state index contributed by atoms with van der Waals surface area (Å²) < 4.78 is 16.0. The number of halogens is 1. The van der Waals surface area contributed by atoms with Crippen LogP contribution < -0.4 is 19.5 Å². The van der Waals surface area contributed by atoms with Crippen LogP contribution in [0, 0.1) is 0 Å². The van der Waals surface area contributed by atoms with Crippen LogP contribution in [0.25, 0.3) is 0 Å². The minimum absolute atomic E-state index is 0.0340. The molecular formula is C17H14ClNO4. The van der Waals surface area contributed by atoms with E-state index >= 15 is 0 Å². The third-order valence-corrected chi connectivity index (χ3v) is 4.46. The Bertz CT molecular complexity index is 805. The highest BCUT2D eigenvalue weighted by molar-refractivity contribution is 6.32. The first-order valence-electron chi connectivity index (χ1n) is 7.22. The standard InChI is InChI=1S/C17H14ClNO4/c1-21-14-3-2-9(4-12(14)18)10-6-17(20)19-13-7-16-15(5-11(10)13)22-8-23-16/h2-5,7,10H,6,8H2,1H3,(H,19,20)/t10-/m0/s1. The largest absolute Gasteiger partial charge is 0.495 e. The van der Waals surface area contributed by atoms with Gasteiger partial charge in [-0.3, -0.25) is 4.79 Å². The quantitative estimate of drug-likeness (QED) is 0.914. The number of hydrogen-bond donors (Lipinski definition) is 1. The zero-order valence-corrected chi connectivity index (χ0v) is 13.1. The summed E-state index contributed by atoms with van der Waals surface area (Å²) in [6.45, 7) is 0.200. The second-order valence-corrected chi connectivity index (χ2v) is 5.90. The van der Waals surface area contributed by atoms with Gasteiger partial charge in [-0.15, -0.1) is 0 Å². The lowest BCUT2D eigenvalue weighted by Crippen LogP contribution is -2.23. The molecule has 1 atom stereocenters. The van der Waals surface area contributed by atoms with E-state index in [4.69, 9.17) is 25.8 Å². The molecule has 1 N–H and O–H groups in total. The molecule has 2 aromatic carbocycles. The van der Waals surface area contributed by atoms with E-state index in [1.807, 2.05) is 30.3 Å². The topological polar surface area (TPSA) is 56.8 Å². The maximum absolute atomic E-state index is 12.1. The lowest BCUT2D eigenvalue weighted by Gasteiger charge is -2.26. The summed E-state index contributed by atoms with van der Waals surface area (Å²) in [6, 6.07) is 9.34. The molecule has 0 spiro atoms. The number of amides is 1. The van der Waals surface area contributed by atoms with E-state index in [-0.39, 0.29) is 18.6 Å². The predicted molar refractivity (Wildman–Crippen MR) is 85.7 cm³/mol. The van der Waals surface area contributed by atoms with Crippen molar-refractivity contribution < 1.29 is 19.0 Å². The Kier molecular flexibility index (Phi) is 3.31. The number of rotatable bonds is 2. The Labute approximate surface area is 138 Å². The van der Waals surface area contributed by atoms with Crippen LogP contribution in [0.1, 0.15) is 23.5 Å². The fourth-order valence-electron chi connectivity index (χ4n) is 3.05. The van der Waals surface area contributed by atoms with Crippen LogP contribution in [0.2, 0.25) is 5.02 Å². The van der Waals surface area contributed by atoms with Crippen LogP contribution in [0.4, 0.5) is 5.69 Å². The van der Waals surface area contributed by atoms with Crippen LogP contribution in [0.3, 0.4) is 0 Å². The summed E-state index contributed by atoms with van der Waals surface area (Å²) in [5.74, 6) is 1.84. The molecule has 23 heavy (non-hydrogen) atoms. The van der Waals surface area contributed by atoms with Crippen molar-refractivity contribution >= 4 is 23.2 Å². The molecule has 2 aliphatic rings. The molecule has 6 heteroatoms. The fourth-order valence-corrected chi connectivity index (χ4v) is 3.31. The molecule has 118 valence electrons. The van der Waals surface area contributed by atoms with Crippen LogP contribution in [-0.2, 0) is 4.79 Å². The normalized spacial score (nSPS) is 18.3. The molecule has 0 bridgehead atoms. The summed E-state index contributed by atoms with van der Waals surface area (Å²) >= 11 is 6.24. The highest BCUT2D eigenvalue weighted by atomic mass is 35.5. The molecule has 4 rings (SSSR count). The number of benzene rings is 2. The van der Waals surface area contributed by atoms with Gasteiger partial charge >= 0.3 is 0 Å². The van der Waals surface area contributed by atoms with Crippen molar-refractivity contribution in [2.45, 2.75) is 12.3 Å². The highest BCUT2D eigenvalue weighted by Gasteiger charge is 2.30. The van der Waals surface area contributed by atoms with E-state index in [2.05, 4.69) is 5.32 Å². The van der Waals surface area contributed by atoms with Gasteiger partial charge in [0.15, 0.2) is 11.5 Å². The number of fused-ring (bicyclic) bond motifs is 2. The number of nitrogens with one attached hydrogen (secondary N) is 1. The van der Waals surface area contributed by atoms with Crippen LogP contribution in [0.15, 0.2) is 30.3 Å².